The SMILES string of the molecule is O=C(O)C(F)(F)F.O=C(O)C(F)(F)F.O=C(O)C(F)(F)F.c1cncc(CN2CCOC3CCN(Cc4ccco4)CCC32)c1. The molecule has 2 aromatic heterocycles. The molecule has 2 saturated heterocycles. The van der Waals surface area contributed by atoms with Crippen LogP contribution in [-0.2, 0) is 32.2 Å². The molecule has 0 radical (unpaired) electrons. The van der Waals surface area contributed by atoms with Gasteiger partial charge in [-0.1, -0.05) is 6.07 Å². The van der Waals surface area contributed by atoms with Gasteiger partial charge in [-0.15, -0.1) is 0 Å². The number of carboxylic acids is 3. The van der Waals surface area contributed by atoms with Gasteiger partial charge in [0.1, 0.15) is 5.76 Å². The highest BCUT2D eigenvalue weighted by atomic mass is 19.4. The van der Waals surface area contributed by atoms with Gasteiger partial charge in [-0.05, 0) is 36.6 Å². The number of alkyl halides is 9. The first-order valence-corrected chi connectivity index (χ1v) is 12.6. The lowest BCUT2D eigenvalue weighted by Crippen LogP contribution is -2.50. The van der Waals surface area contributed by atoms with Gasteiger partial charge < -0.3 is 24.5 Å². The third kappa shape index (κ3) is 15.6. The number of furan rings is 1. The number of ether oxygens (including phenoxy) is 1. The topological polar surface area (TPSA) is 154 Å². The van der Waals surface area contributed by atoms with E-state index in [1.807, 2.05) is 24.5 Å². The Balaban J connectivity index is 0.000000396. The molecule has 2 aromatic rings. The minimum Gasteiger partial charge on any atom is -0.475 e. The Morgan fingerprint density at radius 1 is 0.800 bits per heavy atom. The number of likely N-dealkylation sites (tertiary alicyclic amines) is 1. The highest BCUT2D eigenvalue weighted by Gasteiger charge is 2.39. The quantitative estimate of drug-likeness (QED) is 0.396. The summed E-state index contributed by atoms with van der Waals surface area (Å²) in [5.41, 5.74) is 1.29. The van der Waals surface area contributed by atoms with Crippen LogP contribution in [0.15, 0.2) is 47.3 Å². The summed E-state index contributed by atoms with van der Waals surface area (Å²) in [4.78, 5) is 36.0. The second-order valence-corrected chi connectivity index (χ2v) is 9.15. The first kappa shape index (κ1) is 39.1. The average molecular weight is 669 g/mol. The summed E-state index contributed by atoms with van der Waals surface area (Å²) >= 11 is 0. The number of halogens is 9. The van der Waals surface area contributed by atoms with Crippen LogP contribution in [0.5, 0.6) is 0 Å². The predicted molar refractivity (Wildman–Crippen MR) is 132 cm³/mol. The molecule has 4 heterocycles. The van der Waals surface area contributed by atoms with E-state index in [1.165, 1.54) is 5.56 Å². The highest BCUT2D eigenvalue weighted by molar-refractivity contribution is 5.73. The Morgan fingerprint density at radius 3 is 1.78 bits per heavy atom. The van der Waals surface area contributed by atoms with Crippen molar-refractivity contribution in [3.8, 4) is 0 Å². The van der Waals surface area contributed by atoms with Crippen LogP contribution >= 0.6 is 0 Å². The largest absolute Gasteiger partial charge is 0.490 e. The molecule has 45 heavy (non-hydrogen) atoms. The van der Waals surface area contributed by atoms with Crippen molar-refractivity contribution in [3.63, 3.8) is 0 Å². The van der Waals surface area contributed by atoms with Crippen LogP contribution in [0, 0.1) is 0 Å². The molecule has 0 spiro atoms. The molecule has 254 valence electrons. The van der Waals surface area contributed by atoms with Gasteiger partial charge in [-0.3, -0.25) is 14.8 Å². The van der Waals surface area contributed by atoms with Gasteiger partial charge in [-0.25, -0.2) is 14.4 Å². The first-order valence-electron chi connectivity index (χ1n) is 12.6. The summed E-state index contributed by atoms with van der Waals surface area (Å²) in [5, 5.41) is 21.4. The maximum Gasteiger partial charge on any atom is 0.490 e. The molecule has 2 unspecified atom stereocenters. The van der Waals surface area contributed by atoms with Crippen LogP contribution in [0.4, 0.5) is 39.5 Å². The monoisotopic (exact) mass is 669 g/mol. The van der Waals surface area contributed by atoms with E-state index in [9.17, 15) is 39.5 Å². The molecule has 0 aromatic carbocycles. The van der Waals surface area contributed by atoms with Crippen LogP contribution in [0.3, 0.4) is 0 Å². The Morgan fingerprint density at radius 2 is 1.33 bits per heavy atom. The van der Waals surface area contributed by atoms with Gasteiger partial charge >= 0.3 is 36.4 Å². The standard InChI is InChI=1S/C19H25N3O2.3C2HF3O2/c1-3-16(13-20-7-1)14-22-10-12-24-19-6-9-21(8-5-18(19)22)15-17-4-2-11-23-17;3*3-2(4,5)1(6)7/h1-4,7,11,13,18-19H,5-6,8-10,12,14-15H2;3*(H,6,7). The highest BCUT2D eigenvalue weighted by Crippen LogP contribution is 2.26. The zero-order chi connectivity index (χ0) is 34.4. The van der Waals surface area contributed by atoms with E-state index in [-0.39, 0.29) is 0 Å². The normalized spacial score (nSPS) is 19.1. The fourth-order valence-corrected chi connectivity index (χ4v) is 3.92. The van der Waals surface area contributed by atoms with Crippen molar-refractivity contribution in [2.24, 2.45) is 0 Å². The molecular formula is C25H28F9N3O8. The fourth-order valence-electron chi connectivity index (χ4n) is 3.92. The number of hydrogen-bond donors (Lipinski definition) is 3. The van der Waals surface area contributed by atoms with E-state index < -0.39 is 36.4 Å². The van der Waals surface area contributed by atoms with Crippen molar-refractivity contribution in [2.75, 3.05) is 26.2 Å². The maximum absolute atomic E-state index is 10.6. The van der Waals surface area contributed by atoms with Crippen LogP contribution in [-0.4, -0.2) is 105 Å². The molecule has 2 aliphatic heterocycles. The number of carbonyl (C=O) groups is 3. The molecular weight excluding hydrogens is 641 g/mol. The Hall–Kier alpha value is -3.91. The minimum absolute atomic E-state index is 0.344. The molecule has 0 saturated carbocycles. The molecule has 3 N–H and O–H groups in total. The first-order chi connectivity index (χ1) is 20.7. The van der Waals surface area contributed by atoms with Crippen LogP contribution < -0.4 is 0 Å². The fraction of sp³-hybridized carbons (Fsp3) is 0.520. The second kappa shape index (κ2) is 17.5. The number of fused-ring (bicyclic) bond motifs is 1. The van der Waals surface area contributed by atoms with E-state index >= 15 is 0 Å². The van der Waals surface area contributed by atoms with Gasteiger partial charge in [0.15, 0.2) is 0 Å². The zero-order valence-electron chi connectivity index (χ0n) is 23.0. The van der Waals surface area contributed by atoms with E-state index in [0.717, 1.165) is 57.9 Å². The molecule has 2 atom stereocenters. The second-order valence-electron chi connectivity index (χ2n) is 9.15. The maximum atomic E-state index is 10.6. The van der Waals surface area contributed by atoms with Crippen LogP contribution in [0.2, 0.25) is 0 Å². The Labute approximate surface area is 248 Å². The Kier molecular flexibility index (Phi) is 15.2. The summed E-state index contributed by atoms with van der Waals surface area (Å²) in [6.45, 7) is 5.87. The van der Waals surface area contributed by atoms with Gasteiger partial charge in [0.25, 0.3) is 0 Å². The number of rotatable bonds is 4. The molecule has 4 rings (SSSR count). The third-order valence-electron chi connectivity index (χ3n) is 5.88. The summed E-state index contributed by atoms with van der Waals surface area (Å²) < 4.78 is 107. The summed E-state index contributed by atoms with van der Waals surface area (Å²) in [5.74, 6) is -7.22. The van der Waals surface area contributed by atoms with Crippen LogP contribution in [0.1, 0.15) is 24.2 Å². The molecule has 20 heteroatoms. The molecule has 0 amide bonds. The number of carboxylic acid groups (broad SMARTS) is 3. The summed E-state index contributed by atoms with van der Waals surface area (Å²) in [6, 6.07) is 8.71. The molecule has 2 aliphatic rings. The molecule has 11 nitrogen and oxygen atoms in total. The molecule has 0 aliphatic carbocycles. The van der Waals surface area contributed by atoms with Gasteiger partial charge in [0.05, 0.1) is 25.5 Å². The molecule has 2 fully saturated rings. The van der Waals surface area contributed by atoms with E-state index in [0.29, 0.717) is 12.1 Å². The Bertz CT molecular complexity index is 1120. The number of morpholine rings is 1. The lowest BCUT2D eigenvalue weighted by Gasteiger charge is -2.40. The van der Waals surface area contributed by atoms with Gasteiger partial charge in [0, 0.05) is 44.6 Å². The summed E-state index contributed by atoms with van der Waals surface area (Å²) in [6.07, 6.45) is -7.10. The van der Waals surface area contributed by atoms with Crippen molar-refractivity contribution in [3.05, 3.63) is 54.2 Å². The summed E-state index contributed by atoms with van der Waals surface area (Å²) in [7, 11) is 0. The van der Waals surface area contributed by atoms with Gasteiger partial charge in [-0.2, -0.15) is 39.5 Å². The van der Waals surface area contributed by atoms with Crippen LogP contribution in [0.25, 0.3) is 0 Å². The van der Waals surface area contributed by atoms with E-state index in [1.54, 1.807) is 6.26 Å². The zero-order valence-corrected chi connectivity index (χ0v) is 23.0. The number of hydrogen-bond acceptors (Lipinski definition) is 8. The smallest absolute Gasteiger partial charge is 0.475 e. The van der Waals surface area contributed by atoms with Crippen molar-refractivity contribution >= 4 is 17.9 Å². The van der Waals surface area contributed by atoms with Crippen molar-refractivity contribution in [1.29, 1.82) is 0 Å². The minimum atomic E-state index is -5.08. The lowest BCUT2D eigenvalue weighted by atomic mass is 10.0. The number of pyridine rings is 1. The van der Waals surface area contributed by atoms with Gasteiger partial charge in [0.2, 0.25) is 0 Å². The van der Waals surface area contributed by atoms with E-state index in [2.05, 4.69) is 26.9 Å². The lowest BCUT2D eigenvalue weighted by molar-refractivity contribution is -0.193. The van der Waals surface area contributed by atoms with Crippen molar-refractivity contribution in [2.45, 2.75) is 56.6 Å². The third-order valence-corrected chi connectivity index (χ3v) is 5.88. The number of nitrogens with zero attached hydrogens (tertiary/aromatic N) is 3. The predicted octanol–water partition coefficient (Wildman–Crippen LogP) is 4.44. The molecule has 0 bridgehead atoms. The number of aromatic nitrogens is 1. The average Bonchev–Trinajstić information content (AvgIpc) is 3.35. The van der Waals surface area contributed by atoms with Crippen molar-refractivity contribution < 1.29 is 78.4 Å². The van der Waals surface area contributed by atoms with E-state index in [4.69, 9.17) is 38.9 Å². The van der Waals surface area contributed by atoms with Crippen molar-refractivity contribution in [1.82, 2.24) is 14.8 Å². The number of aliphatic carboxylic acids is 3.